The predicted molar refractivity (Wildman–Crippen MR) is 69.5 cm³/mol. The molecule has 16 heavy (non-hydrogen) atoms. The van der Waals surface area contributed by atoms with Crippen molar-refractivity contribution in [3.63, 3.8) is 0 Å². The van der Waals surface area contributed by atoms with Gasteiger partial charge in [0.2, 0.25) is 0 Å². The summed E-state index contributed by atoms with van der Waals surface area (Å²) in [6.07, 6.45) is 6.02. The van der Waals surface area contributed by atoms with E-state index in [1.165, 1.54) is 0 Å². The Morgan fingerprint density at radius 3 is 2.56 bits per heavy atom. The third-order valence-electron chi connectivity index (χ3n) is 2.29. The van der Waals surface area contributed by atoms with Crippen molar-refractivity contribution in [2.24, 2.45) is 0 Å². The largest absolute Gasteiger partial charge is 0.338 e. The maximum atomic E-state index is 11.8. The van der Waals surface area contributed by atoms with E-state index < -0.39 is 0 Å². The van der Waals surface area contributed by atoms with Crippen molar-refractivity contribution >= 4 is 21.8 Å². The van der Waals surface area contributed by atoms with Gasteiger partial charge >= 0.3 is 0 Å². The van der Waals surface area contributed by atoms with E-state index in [9.17, 15) is 4.79 Å². The molecule has 0 fully saturated rings. The molecule has 1 rings (SSSR count). The van der Waals surface area contributed by atoms with Crippen molar-refractivity contribution in [3.05, 3.63) is 35.4 Å². The first-order valence-corrected chi connectivity index (χ1v) is 6.25. The summed E-state index contributed by atoms with van der Waals surface area (Å²) in [5.41, 5.74) is 1.78. The lowest BCUT2D eigenvalue weighted by Gasteiger charge is -2.10. The van der Waals surface area contributed by atoms with Crippen LogP contribution in [0.3, 0.4) is 0 Å². The molecule has 0 saturated carbocycles. The average Bonchev–Trinajstić information content (AvgIpc) is 2.35. The Balaban J connectivity index is 2.70. The molecule has 0 aliphatic heterocycles. The topological polar surface area (TPSA) is 29.1 Å². The molecule has 3 heteroatoms. The summed E-state index contributed by atoms with van der Waals surface area (Å²) < 4.78 is 0. The molecule has 0 heterocycles. The van der Waals surface area contributed by atoms with E-state index >= 15 is 0 Å². The molecule has 84 valence electrons. The van der Waals surface area contributed by atoms with Gasteiger partial charge in [-0.1, -0.05) is 40.9 Å². The Labute approximate surface area is 105 Å². The zero-order valence-electron chi connectivity index (χ0n) is 9.16. The van der Waals surface area contributed by atoms with Crippen molar-refractivity contribution in [3.8, 4) is 12.3 Å². The molecule has 0 aromatic heterocycles. The molecule has 0 aliphatic carbocycles. The second kappa shape index (κ2) is 6.34. The van der Waals surface area contributed by atoms with E-state index in [1.54, 1.807) is 12.1 Å². The number of alkyl halides is 1. The molecule has 0 spiro atoms. The van der Waals surface area contributed by atoms with Crippen LogP contribution >= 0.6 is 15.9 Å². The van der Waals surface area contributed by atoms with Crippen LogP contribution in [-0.4, -0.2) is 11.9 Å². The normalized spacial score (nSPS) is 11.6. The Hall–Kier alpha value is -1.27. The van der Waals surface area contributed by atoms with Gasteiger partial charge in [-0.15, -0.1) is 6.42 Å². The predicted octanol–water partition coefficient (Wildman–Crippen LogP) is 2.72. The van der Waals surface area contributed by atoms with E-state index in [0.717, 1.165) is 17.3 Å². The number of terminal acetylenes is 1. The van der Waals surface area contributed by atoms with Crippen LogP contribution in [0.2, 0.25) is 0 Å². The van der Waals surface area contributed by atoms with Gasteiger partial charge < -0.3 is 5.32 Å². The SMILES string of the molecule is C#CC(CC)NC(=O)c1ccc(CBr)cc1. The number of carbonyl (C=O) groups is 1. The average molecular weight is 280 g/mol. The van der Waals surface area contributed by atoms with Gasteiger partial charge in [-0.25, -0.2) is 0 Å². The third kappa shape index (κ3) is 3.39. The summed E-state index contributed by atoms with van der Waals surface area (Å²) in [7, 11) is 0. The number of carbonyl (C=O) groups excluding carboxylic acids is 1. The molecule has 1 aromatic rings. The quantitative estimate of drug-likeness (QED) is 0.667. The van der Waals surface area contributed by atoms with Crippen molar-refractivity contribution in [2.45, 2.75) is 24.7 Å². The minimum atomic E-state index is -0.191. The van der Waals surface area contributed by atoms with Crippen LogP contribution in [0.5, 0.6) is 0 Å². The molecule has 1 unspecified atom stereocenters. The number of hydrogen-bond donors (Lipinski definition) is 1. The van der Waals surface area contributed by atoms with Crippen LogP contribution in [0.4, 0.5) is 0 Å². The van der Waals surface area contributed by atoms with E-state index in [2.05, 4.69) is 27.2 Å². The van der Waals surface area contributed by atoms with Gasteiger partial charge in [0.05, 0.1) is 6.04 Å². The van der Waals surface area contributed by atoms with Gasteiger partial charge in [-0.3, -0.25) is 4.79 Å². The molecular formula is C13H14BrNO. The Kier molecular flexibility index (Phi) is 5.07. The maximum absolute atomic E-state index is 11.8. The number of halogens is 1. The number of benzene rings is 1. The first-order chi connectivity index (χ1) is 7.71. The van der Waals surface area contributed by atoms with Crippen LogP contribution in [0.15, 0.2) is 24.3 Å². The van der Waals surface area contributed by atoms with Gasteiger partial charge in [-0.2, -0.15) is 0 Å². The third-order valence-corrected chi connectivity index (χ3v) is 2.93. The van der Waals surface area contributed by atoms with Crippen LogP contribution in [0.25, 0.3) is 0 Å². The van der Waals surface area contributed by atoms with E-state index in [0.29, 0.717) is 5.56 Å². The summed E-state index contributed by atoms with van der Waals surface area (Å²) in [4.78, 5) is 11.8. The molecule has 0 bridgehead atoms. The van der Waals surface area contributed by atoms with Crippen molar-refractivity contribution in [1.29, 1.82) is 0 Å². The van der Waals surface area contributed by atoms with Crippen LogP contribution in [0.1, 0.15) is 29.3 Å². The lowest BCUT2D eigenvalue weighted by molar-refractivity contribution is 0.0945. The van der Waals surface area contributed by atoms with Gasteiger partial charge in [0.25, 0.3) is 5.91 Å². The highest BCUT2D eigenvalue weighted by Crippen LogP contribution is 2.08. The zero-order valence-corrected chi connectivity index (χ0v) is 10.8. The highest BCUT2D eigenvalue weighted by atomic mass is 79.9. The van der Waals surface area contributed by atoms with Gasteiger partial charge in [0, 0.05) is 10.9 Å². The van der Waals surface area contributed by atoms with Gasteiger partial charge in [-0.05, 0) is 24.1 Å². The first-order valence-electron chi connectivity index (χ1n) is 5.13. The van der Waals surface area contributed by atoms with Crippen LogP contribution < -0.4 is 5.32 Å². The van der Waals surface area contributed by atoms with E-state index in [1.807, 2.05) is 19.1 Å². The fraction of sp³-hybridized carbons (Fsp3) is 0.308. The number of amides is 1. The molecule has 0 radical (unpaired) electrons. The molecule has 1 aromatic carbocycles. The van der Waals surface area contributed by atoms with Crippen molar-refractivity contribution in [1.82, 2.24) is 5.32 Å². The summed E-state index contributed by atoms with van der Waals surface area (Å²) in [5.74, 6) is 2.42. The molecular weight excluding hydrogens is 266 g/mol. The molecule has 1 atom stereocenters. The maximum Gasteiger partial charge on any atom is 0.252 e. The zero-order chi connectivity index (χ0) is 12.0. The molecule has 1 N–H and O–H groups in total. The molecule has 0 saturated heterocycles. The second-order valence-corrected chi connectivity index (χ2v) is 3.99. The molecule has 1 amide bonds. The highest BCUT2D eigenvalue weighted by Gasteiger charge is 2.09. The monoisotopic (exact) mass is 279 g/mol. The number of rotatable bonds is 4. The summed E-state index contributed by atoms with van der Waals surface area (Å²) in [5, 5.41) is 3.57. The summed E-state index contributed by atoms with van der Waals surface area (Å²) >= 11 is 3.35. The molecule has 2 nitrogen and oxygen atoms in total. The second-order valence-electron chi connectivity index (χ2n) is 3.43. The standard InChI is InChI=1S/C13H14BrNO/c1-3-12(4-2)15-13(16)11-7-5-10(9-14)6-8-11/h1,5-8,12H,4,9H2,2H3,(H,15,16). The van der Waals surface area contributed by atoms with Gasteiger partial charge in [0.1, 0.15) is 0 Å². The lowest BCUT2D eigenvalue weighted by atomic mass is 10.1. The minimum Gasteiger partial charge on any atom is -0.338 e. The Morgan fingerprint density at radius 2 is 2.12 bits per heavy atom. The number of nitrogens with one attached hydrogen (secondary N) is 1. The molecule has 0 aliphatic rings. The van der Waals surface area contributed by atoms with Crippen molar-refractivity contribution < 1.29 is 4.79 Å². The highest BCUT2D eigenvalue weighted by molar-refractivity contribution is 9.08. The Morgan fingerprint density at radius 1 is 1.50 bits per heavy atom. The first kappa shape index (κ1) is 12.8. The lowest BCUT2D eigenvalue weighted by Crippen LogP contribution is -2.33. The van der Waals surface area contributed by atoms with E-state index in [-0.39, 0.29) is 11.9 Å². The fourth-order valence-electron chi connectivity index (χ4n) is 1.25. The summed E-state index contributed by atoms with van der Waals surface area (Å²) in [6, 6.07) is 7.24. The van der Waals surface area contributed by atoms with Crippen molar-refractivity contribution in [2.75, 3.05) is 0 Å². The van der Waals surface area contributed by atoms with Gasteiger partial charge in [0.15, 0.2) is 0 Å². The van der Waals surface area contributed by atoms with Crippen LogP contribution in [-0.2, 0) is 5.33 Å². The summed E-state index contributed by atoms with van der Waals surface area (Å²) in [6.45, 7) is 1.94. The number of hydrogen-bond acceptors (Lipinski definition) is 1. The smallest absolute Gasteiger partial charge is 0.252 e. The van der Waals surface area contributed by atoms with E-state index in [4.69, 9.17) is 6.42 Å². The minimum absolute atomic E-state index is 0.120. The Bertz CT molecular complexity index is 391. The fourth-order valence-corrected chi connectivity index (χ4v) is 1.62. The van der Waals surface area contributed by atoms with Crippen LogP contribution in [0, 0.1) is 12.3 Å².